The summed E-state index contributed by atoms with van der Waals surface area (Å²) in [4.78, 5) is 22.7. The summed E-state index contributed by atoms with van der Waals surface area (Å²) >= 11 is 0. The van der Waals surface area contributed by atoms with Gasteiger partial charge in [0.25, 0.3) is 0 Å². The molecule has 0 atom stereocenters. The van der Waals surface area contributed by atoms with Crippen LogP contribution in [0.1, 0.15) is 15.9 Å². The zero-order valence-electron chi connectivity index (χ0n) is 13.3. The molecule has 0 saturated carbocycles. The van der Waals surface area contributed by atoms with Crippen LogP contribution in [0, 0.1) is 0 Å². The number of hydrogen-bond acceptors (Lipinski definition) is 5. The van der Waals surface area contributed by atoms with Crippen molar-refractivity contribution in [3.05, 3.63) is 59.7 Å². The Hall–Kier alpha value is -3.28. The van der Waals surface area contributed by atoms with Gasteiger partial charge >= 0.3 is 5.97 Å². The Morgan fingerprint density at radius 3 is 2.60 bits per heavy atom. The number of aliphatic carboxylic acids is 1. The highest BCUT2D eigenvalue weighted by Gasteiger charge is 2.14. The zero-order valence-corrected chi connectivity index (χ0v) is 13.3. The fourth-order valence-corrected chi connectivity index (χ4v) is 2.35. The van der Waals surface area contributed by atoms with Crippen LogP contribution in [-0.4, -0.2) is 36.7 Å². The lowest BCUT2D eigenvalue weighted by atomic mass is 10.1. The van der Waals surface area contributed by atoms with E-state index in [-0.39, 0.29) is 5.78 Å². The van der Waals surface area contributed by atoms with Crippen LogP contribution in [0.2, 0.25) is 0 Å². The molecule has 0 amide bonds. The quantitative estimate of drug-likeness (QED) is 0.643. The number of carbonyl (C=O) groups is 2. The van der Waals surface area contributed by atoms with Crippen molar-refractivity contribution in [1.29, 1.82) is 0 Å². The molecule has 1 heterocycles. The highest BCUT2D eigenvalue weighted by Crippen LogP contribution is 2.34. The van der Waals surface area contributed by atoms with Crippen LogP contribution in [-0.2, 0) is 4.79 Å². The van der Waals surface area contributed by atoms with E-state index >= 15 is 0 Å². The van der Waals surface area contributed by atoms with Gasteiger partial charge in [0.15, 0.2) is 23.9 Å². The van der Waals surface area contributed by atoms with E-state index in [9.17, 15) is 9.59 Å². The Kier molecular flexibility index (Phi) is 4.99. The number of ether oxygens (including phenoxy) is 3. The molecule has 0 unspecified atom stereocenters. The molecular weight excluding hydrogens is 324 g/mol. The van der Waals surface area contributed by atoms with Crippen LogP contribution in [0.25, 0.3) is 6.08 Å². The van der Waals surface area contributed by atoms with Crippen molar-refractivity contribution in [2.24, 2.45) is 0 Å². The third kappa shape index (κ3) is 4.17. The summed E-state index contributed by atoms with van der Waals surface area (Å²) in [6, 6.07) is 11.8. The minimum absolute atomic E-state index is 0.181. The topological polar surface area (TPSA) is 82.1 Å². The zero-order chi connectivity index (χ0) is 17.6. The number of carboxylic acids is 1. The number of fused-ring (bicyclic) bond motifs is 1. The first kappa shape index (κ1) is 16.6. The average Bonchev–Trinajstić information content (AvgIpc) is 2.64. The Balaban J connectivity index is 1.70. The monoisotopic (exact) mass is 340 g/mol. The maximum absolute atomic E-state index is 12.3. The van der Waals surface area contributed by atoms with Crippen molar-refractivity contribution in [3.8, 4) is 17.2 Å². The van der Waals surface area contributed by atoms with Crippen LogP contribution in [0.5, 0.6) is 17.2 Å². The average molecular weight is 340 g/mol. The number of hydrogen-bond donors (Lipinski definition) is 1. The lowest BCUT2D eigenvalue weighted by molar-refractivity contribution is -0.139. The molecule has 0 spiro atoms. The number of rotatable bonds is 6. The Bertz CT molecular complexity index is 807. The molecule has 0 aromatic heterocycles. The maximum atomic E-state index is 12.3. The van der Waals surface area contributed by atoms with E-state index in [4.69, 9.17) is 19.3 Å². The second-order valence-electron chi connectivity index (χ2n) is 5.28. The van der Waals surface area contributed by atoms with Crippen LogP contribution in [0.3, 0.4) is 0 Å². The molecule has 0 radical (unpaired) electrons. The summed E-state index contributed by atoms with van der Waals surface area (Å²) in [6.07, 6.45) is 3.14. The Morgan fingerprint density at radius 2 is 1.84 bits per heavy atom. The smallest absolute Gasteiger partial charge is 0.341 e. The molecule has 0 fully saturated rings. The standard InChI is InChI=1S/C19H16O6/c20-16(13-4-7-15(8-5-13)25-12-18(21)22)9-6-14-2-1-3-17-19(14)24-11-10-23-17/h1-9H,10-12H2,(H,21,22)/b9-6-. The number of carbonyl (C=O) groups excluding carboxylic acids is 1. The molecule has 6 nitrogen and oxygen atoms in total. The summed E-state index contributed by atoms with van der Waals surface area (Å²) in [7, 11) is 0. The van der Waals surface area contributed by atoms with Crippen molar-refractivity contribution in [3.63, 3.8) is 0 Å². The van der Waals surface area contributed by atoms with E-state index < -0.39 is 12.6 Å². The van der Waals surface area contributed by atoms with E-state index in [0.29, 0.717) is 36.0 Å². The predicted molar refractivity (Wildman–Crippen MR) is 90.4 cm³/mol. The van der Waals surface area contributed by atoms with E-state index in [0.717, 1.165) is 5.56 Å². The van der Waals surface area contributed by atoms with Gasteiger partial charge in [-0.2, -0.15) is 0 Å². The molecule has 0 saturated heterocycles. The number of benzene rings is 2. The molecular formula is C19H16O6. The lowest BCUT2D eigenvalue weighted by Crippen LogP contribution is -2.15. The van der Waals surface area contributed by atoms with Crippen molar-refractivity contribution < 1.29 is 28.9 Å². The van der Waals surface area contributed by atoms with Gasteiger partial charge < -0.3 is 19.3 Å². The molecule has 2 aromatic carbocycles. The predicted octanol–water partition coefficient (Wildman–Crippen LogP) is 2.82. The van der Waals surface area contributed by atoms with Gasteiger partial charge in [-0.3, -0.25) is 4.79 Å². The minimum atomic E-state index is -1.06. The number of carboxylic acid groups (broad SMARTS) is 1. The Labute approximate surface area is 144 Å². The number of ketones is 1. The second-order valence-corrected chi connectivity index (χ2v) is 5.28. The van der Waals surface area contributed by atoms with Gasteiger partial charge in [-0.25, -0.2) is 4.79 Å². The molecule has 0 aliphatic carbocycles. The summed E-state index contributed by atoms with van der Waals surface area (Å²) in [6.45, 7) is 0.563. The largest absolute Gasteiger partial charge is 0.486 e. The van der Waals surface area contributed by atoms with Gasteiger partial charge in [0, 0.05) is 11.1 Å². The van der Waals surface area contributed by atoms with Crippen molar-refractivity contribution >= 4 is 17.8 Å². The summed E-state index contributed by atoms with van der Waals surface area (Å²) in [5.41, 5.74) is 1.24. The fourth-order valence-electron chi connectivity index (χ4n) is 2.35. The van der Waals surface area contributed by atoms with Crippen LogP contribution in [0.15, 0.2) is 48.5 Å². The molecule has 1 N–H and O–H groups in total. The molecule has 3 rings (SSSR count). The third-order valence-electron chi connectivity index (χ3n) is 3.51. The molecule has 128 valence electrons. The first-order valence-corrected chi connectivity index (χ1v) is 7.69. The van der Waals surface area contributed by atoms with E-state index in [1.807, 2.05) is 18.2 Å². The first-order valence-electron chi connectivity index (χ1n) is 7.69. The normalized spacial score (nSPS) is 12.8. The molecule has 2 aromatic rings. The molecule has 6 heteroatoms. The number of para-hydroxylation sites is 1. The summed E-state index contributed by atoms with van der Waals surface area (Å²) < 4.78 is 16.1. The van der Waals surface area contributed by atoms with Crippen LogP contribution >= 0.6 is 0 Å². The van der Waals surface area contributed by atoms with Crippen molar-refractivity contribution in [1.82, 2.24) is 0 Å². The van der Waals surface area contributed by atoms with E-state index in [2.05, 4.69) is 0 Å². The van der Waals surface area contributed by atoms with Gasteiger partial charge in [0.1, 0.15) is 19.0 Å². The van der Waals surface area contributed by atoms with Gasteiger partial charge in [0.05, 0.1) is 0 Å². The van der Waals surface area contributed by atoms with Crippen LogP contribution in [0.4, 0.5) is 0 Å². The molecule has 1 aliphatic heterocycles. The van der Waals surface area contributed by atoms with E-state index in [1.54, 1.807) is 30.3 Å². The SMILES string of the molecule is O=C(O)COc1ccc(C(=O)/C=C\c2cccc3c2OCCO3)cc1. The molecule has 1 aliphatic rings. The Morgan fingerprint density at radius 1 is 1.08 bits per heavy atom. The van der Waals surface area contributed by atoms with Crippen molar-refractivity contribution in [2.45, 2.75) is 0 Å². The van der Waals surface area contributed by atoms with Gasteiger partial charge in [-0.15, -0.1) is 0 Å². The maximum Gasteiger partial charge on any atom is 0.341 e. The van der Waals surface area contributed by atoms with Gasteiger partial charge in [0.2, 0.25) is 0 Å². The highest BCUT2D eigenvalue weighted by atomic mass is 16.6. The van der Waals surface area contributed by atoms with Gasteiger partial charge in [-0.1, -0.05) is 12.1 Å². The lowest BCUT2D eigenvalue weighted by Gasteiger charge is -2.19. The molecule has 25 heavy (non-hydrogen) atoms. The van der Waals surface area contributed by atoms with Gasteiger partial charge in [-0.05, 0) is 42.5 Å². The highest BCUT2D eigenvalue weighted by molar-refractivity contribution is 6.07. The summed E-state index contributed by atoms with van der Waals surface area (Å²) in [5.74, 6) is 0.459. The number of allylic oxidation sites excluding steroid dienone is 1. The second kappa shape index (κ2) is 7.53. The van der Waals surface area contributed by atoms with Crippen molar-refractivity contribution in [2.75, 3.05) is 19.8 Å². The first-order chi connectivity index (χ1) is 12.1. The third-order valence-corrected chi connectivity index (χ3v) is 3.51. The minimum Gasteiger partial charge on any atom is -0.486 e. The summed E-state index contributed by atoms with van der Waals surface area (Å²) in [5, 5.41) is 8.57. The fraction of sp³-hybridized carbons (Fsp3) is 0.158. The van der Waals surface area contributed by atoms with E-state index in [1.165, 1.54) is 6.08 Å². The molecule has 0 bridgehead atoms. The van der Waals surface area contributed by atoms with Crippen LogP contribution < -0.4 is 14.2 Å².